The maximum atomic E-state index is 12.7. The molecule has 39 heavy (non-hydrogen) atoms. The summed E-state index contributed by atoms with van der Waals surface area (Å²) in [7, 11) is 0. The van der Waals surface area contributed by atoms with E-state index < -0.39 is 11.9 Å². The van der Waals surface area contributed by atoms with Gasteiger partial charge in [-0.3, -0.25) is 9.78 Å². The van der Waals surface area contributed by atoms with Crippen molar-refractivity contribution in [2.45, 2.75) is 44.5 Å². The van der Waals surface area contributed by atoms with E-state index in [0.717, 1.165) is 70.1 Å². The van der Waals surface area contributed by atoms with Gasteiger partial charge in [-0.1, -0.05) is 18.2 Å². The van der Waals surface area contributed by atoms with E-state index in [9.17, 15) is 18.0 Å². The molecule has 1 aromatic carbocycles. The van der Waals surface area contributed by atoms with Crippen molar-refractivity contribution in [1.29, 1.82) is 0 Å². The number of carbonyl (C=O) groups excluding carboxylic acids is 1. The first-order valence-corrected chi connectivity index (χ1v) is 13.0. The van der Waals surface area contributed by atoms with Crippen molar-refractivity contribution in [1.82, 2.24) is 25.4 Å². The molecule has 1 saturated heterocycles. The van der Waals surface area contributed by atoms with Crippen molar-refractivity contribution >= 4 is 11.6 Å². The number of nitrogens with one attached hydrogen (secondary N) is 1. The van der Waals surface area contributed by atoms with Crippen molar-refractivity contribution in [3.63, 3.8) is 0 Å². The zero-order valence-electron chi connectivity index (χ0n) is 21.7. The summed E-state index contributed by atoms with van der Waals surface area (Å²) in [5.41, 5.74) is 2.81. The summed E-state index contributed by atoms with van der Waals surface area (Å²) in [6.07, 6.45) is -1.26. The Morgan fingerprint density at radius 1 is 0.974 bits per heavy atom. The van der Waals surface area contributed by atoms with Crippen LogP contribution in [0.5, 0.6) is 5.88 Å². The summed E-state index contributed by atoms with van der Waals surface area (Å²) in [5.74, 6) is 0.444. The van der Waals surface area contributed by atoms with E-state index in [-0.39, 0.29) is 17.9 Å². The molecule has 0 radical (unpaired) electrons. The molecule has 2 aliphatic rings. The van der Waals surface area contributed by atoms with Crippen LogP contribution in [0.25, 0.3) is 0 Å². The first-order chi connectivity index (χ1) is 18.7. The molecule has 1 amide bonds. The molecule has 2 aromatic heterocycles. The molecule has 0 unspecified atom stereocenters. The van der Waals surface area contributed by atoms with Crippen LogP contribution in [0, 0.1) is 0 Å². The summed E-state index contributed by atoms with van der Waals surface area (Å²) in [4.78, 5) is 19.2. The molecule has 1 aliphatic heterocycles. The quantitative estimate of drug-likeness (QED) is 0.440. The molecule has 1 aliphatic carbocycles. The van der Waals surface area contributed by atoms with Crippen LogP contribution >= 0.6 is 0 Å². The van der Waals surface area contributed by atoms with Crippen molar-refractivity contribution in [2.24, 2.45) is 0 Å². The van der Waals surface area contributed by atoms with Gasteiger partial charge in [0.1, 0.15) is 12.3 Å². The van der Waals surface area contributed by atoms with Crippen LogP contribution in [0.1, 0.15) is 42.3 Å². The van der Waals surface area contributed by atoms with E-state index in [1.807, 2.05) is 11.0 Å². The van der Waals surface area contributed by atoms with Gasteiger partial charge in [0.05, 0.1) is 5.69 Å². The lowest BCUT2D eigenvalue weighted by molar-refractivity contribution is -0.141. The van der Waals surface area contributed by atoms with Crippen LogP contribution in [-0.2, 0) is 29.5 Å². The van der Waals surface area contributed by atoms with E-state index in [0.29, 0.717) is 11.4 Å². The molecule has 0 spiro atoms. The van der Waals surface area contributed by atoms with Gasteiger partial charge >= 0.3 is 6.18 Å². The number of pyridine rings is 1. The van der Waals surface area contributed by atoms with Gasteiger partial charge in [-0.05, 0) is 42.7 Å². The largest absolute Gasteiger partial charge is 0.472 e. The second-order valence-corrected chi connectivity index (χ2v) is 10.1. The Hall–Kier alpha value is -3.73. The Bertz CT molecular complexity index is 1250. The third-order valence-electron chi connectivity index (χ3n) is 7.36. The molecule has 1 N–H and O–H groups in total. The molecule has 0 bridgehead atoms. The van der Waals surface area contributed by atoms with Gasteiger partial charge < -0.3 is 19.9 Å². The number of nitrogens with zero attached hydrogens (tertiary/aromatic N) is 5. The lowest BCUT2D eigenvalue weighted by Crippen LogP contribution is -2.48. The van der Waals surface area contributed by atoms with E-state index in [1.54, 1.807) is 13.0 Å². The number of ether oxygens (including phenoxy) is 1. The number of halogens is 3. The SMILES string of the molecule is CC(=O)N1CCN(c2ccc(CNCC3(c4ccc(OCc5ccc(C(F)(F)F)nc5)nn4)CC3)cc2)CC1. The van der Waals surface area contributed by atoms with Gasteiger partial charge in [0.25, 0.3) is 0 Å². The lowest BCUT2D eigenvalue weighted by atomic mass is 10.0. The van der Waals surface area contributed by atoms with Crippen LogP contribution < -0.4 is 15.0 Å². The average molecular weight is 541 g/mol. The molecular formula is C28H31F3N6O2. The Balaban J connectivity index is 1.07. The number of alkyl halides is 3. The number of amides is 1. The topological polar surface area (TPSA) is 83.5 Å². The Morgan fingerprint density at radius 2 is 1.69 bits per heavy atom. The highest BCUT2D eigenvalue weighted by Crippen LogP contribution is 2.46. The fourth-order valence-electron chi connectivity index (χ4n) is 4.74. The van der Waals surface area contributed by atoms with Crippen LogP contribution in [-0.4, -0.2) is 58.7 Å². The van der Waals surface area contributed by atoms with Crippen molar-refractivity contribution in [3.05, 3.63) is 77.2 Å². The summed E-state index contributed by atoms with van der Waals surface area (Å²) in [6, 6.07) is 14.5. The van der Waals surface area contributed by atoms with Gasteiger partial charge in [-0.2, -0.15) is 18.3 Å². The number of hydrogen-bond acceptors (Lipinski definition) is 7. The molecular weight excluding hydrogens is 509 g/mol. The van der Waals surface area contributed by atoms with Crippen LogP contribution in [0.2, 0.25) is 0 Å². The maximum Gasteiger partial charge on any atom is 0.433 e. The molecule has 11 heteroatoms. The van der Waals surface area contributed by atoms with Crippen molar-refractivity contribution < 1.29 is 22.7 Å². The van der Waals surface area contributed by atoms with E-state index >= 15 is 0 Å². The molecule has 8 nitrogen and oxygen atoms in total. The van der Waals surface area contributed by atoms with Gasteiger partial charge in [0, 0.05) is 75.1 Å². The van der Waals surface area contributed by atoms with Gasteiger partial charge in [-0.25, -0.2) is 0 Å². The molecule has 3 aromatic rings. The number of hydrogen-bond donors (Lipinski definition) is 1. The van der Waals surface area contributed by atoms with E-state index in [2.05, 4.69) is 49.7 Å². The Kier molecular flexibility index (Phi) is 7.69. The summed E-state index contributed by atoms with van der Waals surface area (Å²) >= 11 is 0. The lowest BCUT2D eigenvalue weighted by Gasteiger charge is -2.35. The predicted molar refractivity (Wildman–Crippen MR) is 139 cm³/mol. The Morgan fingerprint density at radius 3 is 2.26 bits per heavy atom. The Labute approximate surface area is 225 Å². The normalized spacial score (nSPS) is 16.7. The minimum Gasteiger partial charge on any atom is -0.472 e. The standard InChI is InChI=1S/C28H31F3N6O2/c1-20(38)36-12-14-37(15-13-36)23-5-2-21(3-6-23)16-32-19-27(10-11-27)24-8-9-26(35-34-24)39-18-22-4-7-25(33-17-22)28(29,30)31/h2-9,17,32H,10-16,18-19H2,1H3. The van der Waals surface area contributed by atoms with Crippen LogP contribution in [0.4, 0.5) is 18.9 Å². The molecule has 0 atom stereocenters. The minimum atomic E-state index is -4.46. The molecule has 1 saturated carbocycles. The fourth-order valence-corrected chi connectivity index (χ4v) is 4.74. The van der Waals surface area contributed by atoms with Crippen LogP contribution in [0.15, 0.2) is 54.7 Å². The van der Waals surface area contributed by atoms with Gasteiger partial charge in [0.2, 0.25) is 11.8 Å². The van der Waals surface area contributed by atoms with Crippen molar-refractivity contribution in [2.75, 3.05) is 37.6 Å². The number of aromatic nitrogens is 3. The summed E-state index contributed by atoms with van der Waals surface area (Å²) < 4.78 is 43.5. The highest BCUT2D eigenvalue weighted by molar-refractivity contribution is 5.73. The third kappa shape index (κ3) is 6.65. The highest BCUT2D eigenvalue weighted by atomic mass is 19.4. The second-order valence-electron chi connectivity index (χ2n) is 10.1. The van der Waals surface area contributed by atoms with E-state index in [4.69, 9.17) is 4.74 Å². The first kappa shape index (κ1) is 26.9. The smallest absolute Gasteiger partial charge is 0.433 e. The van der Waals surface area contributed by atoms with Gasteiger partial charge in [-0.15, -0.1) is 5.10 Å². The zero-order valence-corrected chi connectivity index (χ0v) is 21.7. The summed E-state index contributed by atoms with van der Waals surface area (Å²) in [5, 5.41) is 12.1. The number of piperazine rings is 1. The number of carbonyl (C=O) groups is 1. The zero-order chi connectivity index (χ0) is 27.5. The third-order valence-corrected chi connectivity index (χ3v) is 7.36. The van der Waals surface area contributed by atoms with Gasteiger partial charge in [0.15, 0.2) is 0 Å². The summed E-state index contributed by atoms with van der Waals surface area (Å²) in [6.45, 7) is 6.41. The monoisotopic (exact) mass is 540 g/mol. The fraction of sp³-hybridized carbons (Fsp3) is 0.429. The predicted octanol–water partition coefficient (Wildman–Crippen LogP) is 3.96. The molecule has 3 heterocycles. The highest BCUT2D eigenvalue weighted by Gasteiger charge is 2.45. The first-order valence-electron chi connectivity index (χ1n) is 13.0. The molecule has 206 valence electrons. The molecule has 2 fully saturated rings. The maximum absolute atomic E-state index is 12.7. The van der Waals surface area contributed by atoms with Crippen molar-refractivity contribution in [3.8, 4) is 5.88 Å². The van der Waals surface area contributed by atoms with Crippen LogP contribution in [0.3, 0.4) is 0 Å². The minimum absolute atomic E-state index is 0.0425. The molecule has 5 rings (SSSR count). The average Bonchev–Trinajstić information content (AvgIpc) is 3.73. The second kappa shape index (κ2) is 11.2. The number of rotatable bonds is 9. The number of benzene rings is 1. The van der Waals surface area contributed by atoms with E-state index in [1.165, 1.54) is 17.3 Å². The number of anilines is 1.